The lowest BCUT2D eigenvalue weighted by molar-refractivity contribution is 0.0961. The first-order valence-corrected chi connectivity index (χ1v) is 6.42. The highest BCUT2D eigenvalue weighted by Crippen LogP contribution is 2.22. The van der Waals surface area contributed by atoms with Crippen LogP contribution in [-0.2, 0) is 6.42 Å². The molecule has 0 aliphatic heterocycles. The fourth-order valence-corrected chi connectivity index (χ4v) is 1.84. The van der Waals surface area contributed by atoms with E-state index in [0.717, 1.165) is 12.0 Å². The van der Waals surface area contributed by atoms with Gasteiger partial charge in [-0.2, -0.15) is 0 Å². The molecule has 0 amide bonds. The minimum Gasteiger partial charge on any atom is -0.293 e. The van der Waals surface area contributed by atoms with E-state index >= 15 is 0 Å². The average Bonchev–Trinajstić information content (AvgIpc) is 2.15. The zero-order chi connectivity index (χ0) is 12.3. The van der Waals surface area contributed by atoms with Crippen LogP contribution >= 0.6 is 15.9 Å². The van der Waals surface area contributed by atoms with Gasteiger partial charge in [0.1, 0.15) is 0 Å². The van der Waals surface area contributed by atoms with Gasteiger partial charge in [0.05, 0.1) is 4.32 Å². The molecule has 1 nitrogen and oxygen atoms in total. The highest BCUT2D eigenvalue weighted by molar-refractivity contribution is 9.10. The molecule has 0 aliphatic rings. The van der Waals surface area contributed by atoms with Crippen LogP contribution in [0.4, 0.5) is 0 Å². The van der Waals surface area contributed by atoms with Crippen molar-refractivity contribution in [1.29, 1.82) is 0 Å². The molecule has 0 N–H and O–H groups in total. The van der Waals surface area contributed by atoms with Crippen LogP contribution in [0.2, 0.25) is 0 Å². The van der Waals surface area contributed by atoms with Crippen LogP contribution in [-0.4, -0.2) is 10.1 Å². The van der Waals surface area contributed by atoms with E-state index in [1.807, 2.05) is 38.1 Å². The lowest BCUT2D eigenvalue weighted by Gasteiger charge is -2.14. The predicted octanol–water partition coefficient (Wildman–Crippen LogP) is 4.24. The molecular formula is C14H19BrO. The molecule has 2 heteroatoms. The number of alkyl halides is 1. The van der Waals surface area contributed by atoms with E-state index in [1.165, 1.54) is 5.56 Å². The second-order valence-corrected chi connectivity index (χ2v) is 7.08. The zero-order valence-corrected chi connectivity index (χ0v) is 12.0. The summed E-state index contributed by atoms with van der Waals surface area (Å²) in [5, 5.41) is 0. The summed E-state index contributed by atoms with van der Waals surface area (Å²) in [6, 6.07) is 7.93. The third kappa shape index (κ3) is 3.75. The highest BCUT2D eigenvalue weighted by atomic mass is 79.9. The molecule has 0 bridgehead atoms. The van der Waals surface area contributed by atoms with Crippen molar-refractivity contribution < 1.29 is 4.79 Å². The molecule has 0 unspecified atom stereocenters. The number of carbonyl (C=O) groups is 1. The van der Waals surface area contributed by atoms with Gasteiger partial charge in [0.2, 0.25) is 0 Å². The van der Waals surface area contributed by atoms with Crippen LogP contribution in [0.15, 0.2) is 24.3 Å². The van der Waals surface area contributed by atoms with E-state index in [9.17, 15) is 4.79 Å². The Balaban J connectivity index is 2.83. The fraction of sp³-hybridized carbons (Fsp3) is 0.500. The van der Waals surface area contributed by atoms with Gasteiger partial charge in [0.25, 0.3) is 0 Å². The Morgan fingerprint density at radius 3 is 2.12 bits per heavy atom. The van der Waals surface area contributed by atoms with Gasteiger partial charge in [-0.3, -0.25) is 4.79 Å². The minimum absolute atomic E-state index is 0.128. The minimum atomic E-state index is -0.480. The van der Waals surface area contributed by atoms with Crippen molar-refractivity contribution in [3.05, 3.63) is 35.4 Å². The van der Waals surface area contributed by atoms with Gasteiger partial charge in [-0.15, -0.1) is 0 Å². The molecule has 1 aromatic carbocycles. The van der Waals surface area contributed by atoms with Gasteiger partial charge in [-0.05, 0) is 31.7 Å². The topological polar surface area (TPSA) is 17.1 Å². The van der Waals surface area contributed by atoms with Crippen molar-refractivity contribution in [2.75, 3.05) is 0 Å². The van der Waals surface area contributed by atoms with Gasteiger partial charge >= 0.3 is 0 Å². The lowest BCUT2D eigenvalue weighted by Crippen LogP contribution is -2.23. The Labute approximate surface area is 106 Å². The number of carbonyl (C=O) groups excluding carboxylic acids is 1. The average molecular weight is 283 g/mol. The first-order valence-electron chi connectivity index (χ1n) is 5.63. The molecule has 0 spiro atoms. The zero-order valence-electron chi connectivity index (χ0n) is 10.4. The molecule has 0 saturated carbocycles. The number of halogens is 1. The van der Waals surface area contributed by atoms with E-state index in [2.05, 4.69) is 29.8 Å². The van der Waals surface area contributed by atoms with Crippen LogP contribution in [0.5, 0.6) is 0 Å². The van der Waals surface area contributed by atoms with Crippen molar-refractivity contribution >= 4 is 21.7 Å². The van der Waals surface area contributed by atoms with Gasteiger partial charge in [-0.25, -0.2) is 0 Å². The van der Waals surface area contributed by atoms with Crippen LogP contribution < -0.4 is 0 Å². The summed E-state index contributed by atoms with van der Waals surface area (Å²) in [5.41, 5.74) is 2.06. The Hall–Kier alpha value is -0.630. The van der Waals surface area contributed by atoms with Gasteiger partial charge in [0, 0.05) is 5.56 Å². The van der Waals surface area contributed by atoms with E-state index < -0.39 is 4.32 Å². The molecule has 0 atom stereocenters. The van der Waals surface area contributed by atoms with Gasteiger partial charge in [-0.1, -0.05) is 54.0 Å². The molecule has 1 rings (SSSR count). The Bertz CT molecular complexity index is 357. The molecule has 16 heavy (non-hydrogen) atoms. The number of benzene rings is 1. The van der Waals surface area contributed by atoms with Crippen molar-refractivity contribution in [2.45, 2.75) is 38.4 Å². The summed E-state index contributed by atoms with van der Waals surface area (Å²) in [6.07, 6.45) is 1.06. The van der Waals surface area contributed by atoms with Crippen molar-refractivity contribution in [3.63, 3.8) is 0 Å². The second kappa shape index (κ2) is 5.13. The Morgan fingerprint density at radius 1 is 1.25 bits per heavy atom. The third-order valence-electron chi connectivity index (χ3n) is 2.40. The largest absolute Gasteiger partial charge is 0.293 e. The van der Waals surface area contributed by atoms with Crippen LogP contribution in [0.25, 0.3) is 0 Å². The van der Waals surface area contributed by atoms with Gasteiger partial charge in [0.15, 0.2) is 5.78 Å². The first-order chi connectivity index (χ1) is 7.30. The predicted molar refractivity (Wildman–Crippen MR) is 72.3 cm³/mol. The van der Waals surface area contributed by atoms with Crippen LogP contribution in [0.3, 0.4) is 0 Å². The molecule has 0 saturated heterocycles. The van der Waals surface area contributed by atoms with Crippen molar-refractivity contribution in [3.8, 4) is 0 Å². The molecule has 0 radical (unpaired) electrons. The maximum absolute atomic E-state index is 12.0. The fourth-order valence-electron chi connectivity index (χ4n) is 1.61. The smallest absolute Gasteiger partial charge is 0.178 e. The molecule has 0 aliphatic carbocycles. The molecule has 0 heterocycles. The van der Waals surface area contributed by atoms with E-state index in [4.69, 9.17) is 0 Å². The maximum Gasteiger partial charge on any atom is 0.178 e. The molecule has 0 aromatic heterocycles. The monoisotopic (exact) mass is 282 g/mol. The molecule has 0 fully saturated rings. The normalized spacial score (nSPS) is 11.9. The van der Waals surface area contributed by atoms with Crippen LogP contribution in [0.1, 0.15) is 43.6 Å². The number of Topliss-reactive ketones (excluding diaryl/α,β-unsaturated/α-hetero) is 1. The molecular weight excluding hydrogens is 264 g/mol. The standard InChI is InChI=1S/C14H19BrO/c1-10(2)9-11-5-7-12(8-6-11)13(16)14(3,4)15/h5-8,10H,9H2,1-4H3. The lowest BCUT2D eigenvalue weighted by atomic mass is 9.97. The number of hydrogen-bond donors (Lipinski definition) is 0. The summed E-state index contributed by atoms with van der Waals surface area (Å²) in [7, 11) is 0. The van der Waals surface area contributed by atoms with Crippen LogP contribution in [0, 0.1) is 5.92 Å². The second-order valence-electron chi connectivity index (χ2n) is 5.10. The number of rotatable bonds is 4. The number of hydrogen-bond acceptors (Lipinski definition) is 1. The summed E-state index contributed by atoms with van der Waals surface area (Å²) in [4.78, 5) is 12.0. The molecule has 1 aromatic rings. The Morgan fingerprint density at radius 2 is 1.75 bits per heavy atom. The first kappa shape index (κ1) is 13.4. The van der Waals surface area contributed by atoms with E-state index in [1.54, 1.807) is 0 Å². The number of ketones is 1. The summed E-state index contributed by atoms with van der Waals surface area (Å²) < 4.78 is -0.480. The summed E-state index contributed by atoms with van der Waals surface area (Å²) in [6.45, 7) is 8.13. The van der Waals surface area contributed by atoms with Gasteiger partial charge < -0.3 is 0 Å². The third-order valence-corrected chi connectivity index (χ3v) is 2.76. The SMILES string of the molecule is CC(C)Cc1ccc(C(=O)C(C)(C)Br)cc1. The maximum atomic E-state index is 12.0. The quantitative estimate of drug-likeness (QED) is 0.596. The highest BCUT2D eigenvalue weighted by Gasteiger charge is 2.24. The molecule has 88 valence electrons. The van der Waals surface area contributed by atoms with E-state index in [-0.39, 0.29) is 5.78 Å². The summed E-state index contributed by atoms with van der Waals surface area (Å²) >= 11 is 3.39. The van der Waals surface area contributed by atoms with E-state index in [0.29, 0.717) is 5.92 Å². The van der Waals surface area contributed by atoms with Crippen molar-refractivity contribution in [2.24, 2.45) is 5.92 Å². The summed E-state index contributed by atoms with van der Waals surface area (Å²) in [5.74, 6) is 0.776. The van der Waals surface area contributed by atoms with Crippen molar-refractivity contribution in [1.82, 2.24) is 0 Å². The Kier molecular flexibility index (Phi) is 4.31.